The Balaban J connectivity index is 1.24. The van der Waals surface area contributed by atoms with E-state index in [1.807, 2.05) is 30.3 Å². The van der Waals surface area contributed by atoms with E-state index in [1.165, 1.54) is 12.4 Å². The number of carbonyl (C=O) groups excluding carboxylic acids is 1. The molecular formula is C33H38N8O4. The van der Waals surface area contributed by atoms with Crippen LogP contribution in [0.4, 0.5) is 28.7 Å². The fourth-order valence-corrected chi connectivity index (χ4v) is 6.28. The zero-order chi connectivity index (χ0) is 31.2. The summed E-state index contributed by atoms with van der Waals surface area (Å²) in [6.45, 7) is 9.42. The Kier molecular flexibility index (Phi) is 9.40. The maximum Gasteiger partial charge on any atom is 0.247 e. The molecule has 1 unspecified atom stereocenters. The zero-order valence-electron chi connectivity index (χ0n) is 25.4. The summed E-state index contributed by atoms with van der Waals surface area (Å²) in [6, 6.07) is 15.8. The molecule has 2 aromatic carbocycles. The summed E-state index contributed by atoms with van der Waals surface area (Å²) in [6.07, 6.45) is 5.55. The summed E-state index contributed by atoms with van der Waals surface area (Å²) in [7, 11) is 1.63. The SMILES string of the molecule is C=CC(=O)Nc1cc(Nc2cc(N3OCCC3c3cccc(C#N)c3)ncn2)c(OC)cc1N1CCC(N2CCOCC2)CC1. The van der Waals surface area contributed by atoms with Gasteiger partial charge < -0.3 is 25.0 Å². The first-order chi connectivity index (χ1) is 22.1. The minimum absolute atomic E-state index is 0.0945. The van der Waals surface area contributed by atoms with Crippen LogP contribution in [0.15, 0.2) is 61.4 Å². The van der Waals surface area contributed by atoms with E-state index in [0.717, 1.165) is 69.9 Å². The number of nitriles is 1. The highest BCUT2D eigenvalue weighted by molar-refractivity contribution is 6.02. The van der Waals surface area contributed by atoms with Crippen molar-refractivity contribution in [3.05, 3.63) is 72.6 Å². The molecule has 12 heteroatoms. The Morgan fingerprint density at radius 2 is 1.89 bits per heavy atom. The highest BCUT2D eigenvalue weighted by atomic mass is 16.7. The number of piperidine rings is 1. The molecule has 1 aromatic heterocycles. The molecule has 0 radical (unpaired) electrons. The Hall–Kier alpha value is -4.70. The monoisotopic (exact) mass is 610 g/mol. The second kappa shape index (κ2) is 13.9. The quantitative estimate of drug-likeness (QED) is 0.335. The molecule has 6 rings (SSSR count). The molecule has 3 aromatic rings. The Morgan fingerprint density at radius 1 is 1.07 bits per heavy atom. The molecule has 234 valence electrons. The van der Waals surface area contributed by atoms with Crippen LogP contribution >= 0.6 is 0 Å². The summed E-state index contributed by atoms with van der Waals surface area (Å²) >= 11 is 0. The third-order valence-electron chi connectivity index (χ3n) is 8.57. The number of methoxy groups -OCH3 is 1. The van der Waals surface area contributed by atoms with Gasteiger partial charge in [0.2, 0.25) is 5.91 Å². The minimum Gasteiger partial charge on any atom is -0.494 e. The second-order valence-electron chi connectivity index (χ2n) is 11.2. The van der Waals surface area contributed by atoms with Gasteiger partial charge in [-0.15, -0.1) is 0 Å². The fourth-order valence-electron chi connectivity index (χ4n) is 6.28. The van der Waals surface area contributed by atoms with Gasteiger partial charge >= 0.3 is 0 Å². The van der Waals surface area contributed by atoms with Gasteiger partial charge in [-0.1, -0.05) is 18.7 Å². The molecule has 45 heavy (non-hydrogen) atoms. The average Bonchev–Trinajstić information content (AvgIpc) is 3.59. The molecule has 3 saturated heterocycles. The lowest BCUT2D eigenvalue weighted by Gasteiger charge is -2.41. The molecule has 1 atom stereocenters. The third-order valence-corrected chi connectivity index (χ3v) is 8.57. The number of carbonyl (C=O) groups is 1. The largest absolute Gasteiger partial charge is 0.494 e. The fraction of sp³-hybridized carbons (Fsp3) is 0.394. The number of nitrogens with one attached hydrogen (secondary N) is 2. The van der Waals surface area contributed by atoms with Crippen molar-refractivity contribution in [3.63, 3.8) is 0 Å². The average molecular weight is 611 g/mol. The Bertz CT molecular complexity index is 1560. The van der Waals surface area contributed by atoms with Crippen LogP contribution < -0.4 is 25.3 Å². The number of rotatable bonds is 9. The first-order valence-electron chi connectivity index (χ1n) is 15.3. The summed E-state index contributed by atoms with van der Waals surface area (Å²) in [5.74, 6) is 1.42. The number of anilines is 5. The van der Waals surface area contributed by atoms with Gasteiger partial charge in [-0.2, -0.15) is 5.26 Å². The van der Waals surface area contributed by atoms with E-state index in [1.54, 1.807) is 24.3 Å². The lowest BCUT2D eigenvalue weighted by atomic mass is 10.0. The van der Waals surface area contributed by atoms with E-state index >= 15 is 0 Å². The van der Waals surface area contributed by atoms with Gasteiger partial charge in [0.05, 0.1) is 61.7 Å². The van der Waals surface area contributed by atoms with Crippen LogP contribution in [0.2, 0.25) is 0 Å². The standard InChI is InChI=1S/C33H38N8O4/c1-3-33(42)38-26-18-27(30(43-2)19-29(26)40-10-7-25(8-11-40)39-12-15-44-16-13-39)37-31-20-32(36-22-35-31)41-28(9-14-45-41)24-6-4-5-23(17-24)21-34/h3-6,17-20,22,25,28H,1,7-16H2,2H3,(H,38,42)(H,35,36,37). The maximum atomic E-state index is 12.5. The van der Waals surface area contributed by atoms with Crippen LogP contribution in [-0.4, -0.2) is 79.9 Å². The van der Waals surface area contributed by atoms with Crippen molar-refractivity contribution in [1.82, 2.24) is 14.9 Å². The van der Waals surface area contributed by atoms with Crippen molar-refractivity contribution in [2.45, 2.75) is 31.3 Å². The van der Waals surface area contributed by atoms with Crippen molar-refractivity contribution in [2.24, 2.45) is 0 Å². The normalized spacial score (nSPS) is 19.2. The number of hydrogen-bond acceptors (Lipinski definition) is 11. The summed E-state index contributed by atoms with van der Waals surface area (Å²) in [4.78, 5) is 32.2. The van der Waals surface area contributed by atoms with E-state index in [0.29, 0.717) is 47.0 Å². The molecule has 2 N–H and O–H groups in total. The predicted octanol–water partition coefficient (Wildman–Crippen LogP) is 4.41. The van der Waals surface area contributed by atoms with E-state index in [4.69, 9.17) is 14.3 Å². The number of benzene rings is 2. The van der Waals surface area contributed by atoms with Gasteiger partial charge in [-0.05, 0) is 42.7 Å². The number of morpholine rings is 1. The lowest BCUT2D eigenvalue weighted by Crippen LogP contribution is -2.49. The van der Waals surface area contributed by atoms with Gasteiger partial charge in [0.25, 0.3) is 0 Å². The molecule has 3 aliphatic heterocycles. The second-order valence-corrected chi connectivity index (χ2v) is 11.2. The summed E-state index contributed by atoms with van der Waals surface area (Å²) in [5.41, 5.74) is 3.76. The molecular weight excluding hydrogens is 572 g/mol. The maximum absolute atomic E-state index is 12.5. The predicted molar refractivity (Wildman–Crippen MR) is 172 cm³/mol. The van der Waals surface area contributed by atoms with Crippen LogP contribution in [0, 0.1) is 11.3 Å². The summed E-state index contributed by atoms with van der Waals surface area (Å²) < 4.78 is 11.4. The molecule has 4 heterocycles. The highest BCUT2D eigenvalue weighted by Crippen LogP contribution is 2.40. The van der Waals surface area contributed by atoms with Crippen molar-refractivity contribution in [3.8, 4) is 11.8 Å². The van der Waals surface area contributed by atoms with Crippen molar-refractivity contribution >= 4 is 34.6 Å². The minimum atomic E-state index is -0.294. The van der Waals surface area contributed by atoms with Crippen molar-refractivity contribution in [1.29, 1.82) is 5.26 Å². The first-order valence-corrected chi connectivity index (χ1v) is 15.3. The molecule has 1 amide bonds. The topological polar surface area (TPSA) is 128 Å². The number of amides is 1. The molecule has 3 fully saturated rings. The number of aromatic nitrogens is 2. The number of ether oxygens (including phenoxy) is 2. The van der Waals surface area contributed by atoms with E-state index < -0.39 is 0 Å². The number of hydroxylamine groups is 1. The first kappa shape index (κ1) is 30.3. The van der Waals surface area contributed by atoms with E-state index in [9.17, 15) is 10.1 Å². The van der Waals surface area contributed by atoms with Gasteiger partial charge in [0.1, 0.15) is 17.9 Å². The Morgan fingerprint density at radius 3 is 2.64 bits per heavy atom. The van der Waals surface area contributed by atoms with Gasteiger partial charge in [0, 0.05) is 50.8 Å². The third kappa shape index (κ3) is 6.86. The summed E-state index contributed by atoms with van der Waals surface area (Å²) in [5, 5.41) is 17.5. The molecule has 0 bridgehead atoms. The van der Waals surface area contributed by atoms with Gasteiger partial charge in [-0.25, -0.2) is 15.0 Å². The molecule has 0 saturated carbocycles. The molecule has 3 aliphatic rings. The van der Waals surface area contributed by atoms with Crippen LogP contribution in [0.5, 0.6) is 5.75 Å². The molecule has 0 aliphatic carbocycles. The van der Waals surface area contributed by atoms with Crippen LogP contribution in [0.3, 0.4) is 0 Å². The van der Waals surface area contributed by atoms with Crippen molar-refractivity contribution < 1.29 is 19.1 Å². The lowest BCUT2D eigenvalue weighted by molar-refractivity contribution is -0.111. The molecule has 12 nitrogen and oxygen atoms in total. The van der Waals surface area contributed by atoms with E-state index in [-0.39, 0.29) is 11.9 Å². The van der Waals surface area contributed by atoms with Gasteiger partial charge in [0.15, 0.2) is 5.82 Å². The van der Waals surface area contributed by atoms with E-state index in [2.05, 4.69) is 43.0 Å². The van der Waals surface area contributed by atoms with Crippen LogP contribution in [0.25, 0.3) is 0 Å². The zero-order valence-corrected chi connectivity index (χ0v) is 25.4. The number of nitrogens with zero attached hydrogens (tertiary/aromatic N) is 6. The highest BCUT2D eigenvalue weighted by Gasteiger charge is 2.30. The smallest absolute Gasteiger partial charge is 0.247 e. The van der Waals surface area contributed by atoms with Crippen LogP contribution in [-0.2, 0) is 14.4 Å². The molecule has 0 spiro atoms. The Labute approximate surface area is 263 Å². The number of hydrogen-bond donors (Lipinski definition) is 2. The van der Waals surface area contributed by atoms with Gasteiger partial charge in [-0.3, -0.25) is 14.5 Å². The van der Waals surface area contributed by atoms with Crippen LogP contribution in [0.1, 0.15) is 36.4 Å². The van der Waals surface area contributed by atoms with Crippen molar-refractivity contribution in [2.75, 3.05) is 73.7 Å².